The molecule has 0 aromatic carbocycles. The minimum Gasteiger partial charge on any atom is -0.478 e. The molecule has 2 rings (SSSR count). The highest BCUT2D eigenvalue weighted by Crippen LogP contribution is 2.27. The first-order chi connectivity index (χ1) is 8.68. The van der Waals surface area contributed by atoms with E-state index in [0.29, 0.717) is 11.1 Å². The molecule has 4 nitrogen and oxygen atoms in total. The number of hydrogen-bond donors (Lipinski definition) is 2. The van der Waals surface area contributed by atoms with Gasteiger partial charge in [-0.05, 0) is 24.7 Å². The molecular formula is C12H15ClN2O2S. The van der Waals surface area contributed by atoms with Crippen molar-refractivity contribution in [2.45, 2.75) is 24.5 Å². The van der Waals surface area contributed by atoms with E-state index in [9.17, 15) is 4.79 Å². The number of anilines is 1. The summed E-state index contributed by atoms with van der Waals surface area (Å²) in [7, 11) is 0. The molecular weight excluding hydrogens is 272 g/mol. The molecule has 1 unspecified atom stereocenters. The zero-order chi connectivity index (χ0) is 13.0. The molecule has 0 aliphatic carbocycles. The topological polar surface area (TPSA) is 62.2 Å². The van der Waals surface area contributed by atoms with Gasteiger partial charge in [0.1, 0.15) is 5.82 Å². The number of hydrogen-bond acceptors (Lipinski definition) is 4. The Labute approximate surface area is 115 Å². The number of rotatable bonds is 4. The van der Waals surface area contributed by atoms with Crippen LogP contribution in [0, 0.1) is 0 Å². The molecule has 98 valence electrons. The Bertz CT molecular complexity index is 436. The van der Waals surface area contributed by atoms with Gasteiger partial charge in [0.05, 0.1) is 10.6 Å². The molecule has 1 aliphatic rings. The summed E-state index contributed by atoms with van der Waals surface area (Å²) in [5.41, 5.74) is 0.0884. The van der Waals surface area contributed by atoms with Crippen LogP contribution >= 0.6 is 23.4 Å². The van der Waals surface area contributed by atoms with Gasteiger partial charge in [0, 0.05) is 18.0 Å². The van der Waals surface area contributed by atoms with Crippen LogP contribution in [0.3, 0.4) is 0 Å². The van der Waals surface area contributed by atoms with Gasteiger partial charge in [-0.1, -0.05) is 18.0 Å². The number of carboxylic acid groups (broad SMARTS) is 1. The maximum atomic E-state index is 10.9. The second-order valence-corrected chi connectivity index (χ2v) is 5.98. The van der Waals surface area contributed by atoms with E-state index in [-0.39, 0.29) is 10.6 Å². The number of carboxylic acids is 1. The van der Waals surface area contributed by atoms with Crippen LogP contribution in [-0.4, -0.2) is 33.6 Å². The van der Waals surface area contributed by atoms with Crippen molar-refractivity contribution >= 4 is 35.1 Å². The highest BCUT2D eigenvalue weighted by atomic mass is 35.5. The molecule has 2 heterocycles. The molecule has 1 aromatic rings. The largest absolute Gasteiger partial charge is 0.478 e. The highest BCUT2D eigenvalue weighted by molar-refractivity contribution is 7.99. The molecule has 6 heteroatoms. The predicted octanol–water partition coefficient (Wildman–Crippen LogP) is 3.13. The van der Waals surface area contributed by atoms with Gasteiger partial charge in [-0.3, -0.25) is 0 Å². The van der Waals surface area contributed by atoms with Crippen LogP contribution in [0.2, 0.25) is 5.02 Å². The Kier molecular flexibility index (Phi) is 4.72. The summed E-state index contributed by atoms with van der Waals surface area (Å²) >= 11 is 7.96. The fourth-order valence-corrected chi connectivity index (χ4v) is 3.41. The molecule has 0 amide bonds. The number of carbonyl (C=O) groups is 1. The molecule has 18 heavy (non-hydrogen) atoms. The van der Waals surface area contributed by atoms with Crippen LogP contribution < -0.4 is 5.32 Å². The van der Waals surface area contributed by atoms with E-state index in [0.717, 1.165) is 6.54 Å². The molecule has 1 aromatic heterocycles. The minimum absolute atomic E-state index is 0.0884. The van der Waals surface area contributed by atoms with E-state index in [1.807, 2.05) is 11.8 Å². The van der Waals surface area contributed by atoms with Crippen LogP contribution in [0.15, 0.2) is 12.3 Å². The molecule has 0 radical (unpaired) electrons. The first-order valence-corrected chi connectivity index (χ1v) is 7.34. The summed E-state index contributed by atoms with van der Waals surface area (Å²) in [6, 6.07) is 1.41. The number of thioether (sulfide) groups is 1. The Morgan fingerprint density at radius 1 is 1.61 bits per heavy atom. The lowest BCUT2D eigenvalue weighted by Gasteiger charge is -2.22. The van der Waals surface area contributed by atoms with Gasteiger partial charge in [-0.15, -0.1) is 0 Å². The zero-order valence-corrected chi connectivity index (χ0v) is 11.4. The number of nitrogens with zero attached hydrogens (tertiary/aromatic N) is 1. The van der Waals surface area contributed by atoms with Crippen LogP contribution in [-0.2, 0) is 0 Å². The smallest absolute Gasteiger partial charge is 0.337 e. The van der Waals surface area contributed by atoms with Crippen molar-refractivity contribution < 1.29 is 9.90 Å². The normalized spacial score (nSPS) is 19.5. The van der Waals surface area contributed by atoms with Crippen molar-refractivity contribution in [3.05, 3.63) is 22.8 Å². The van der Waals surface area contributed by atoms with Gasteiger partial charge in [-0.25, -0.2) is 9.78 Å². The van der Waals surface area contributed by atoms with Gasteiger partial charge in [-0.2, -0.15) is 11.8 Å². The standard InChI is InChI=1S/C12H15ClN2O2S/c13-10-9(12(16)17)4-5-14-11(10)15-7-8-3-1-2-6-18-8/h4-5,8H,1-3,6-7H2,(H,14,15)(H,16,17). The van der Waals surface area contributed by atoms with Crippen LogP contribution in [0.1, 0.15) is 29.6 Å². The summed E-state index contributed by atoms with van der Waals surface area (Å²) in [5, 5.41) is 12.9. The van der Waals surface area contributed by atoms with Crippen molar-refractivity contribution in [1.82, 2.24) is 4.98 Å². The number of pyridine rings is 1. The second-order valence-electron chi connectivity index (χ2n) is 4.20. The molecule has 0 bridgehead atoms. The van der Waals surface area contributed by atoms with E-state index in [1.165, 1.54) is 37.3 Å². The molecule has 0 spiro atoms. The summed E-state index contributed by atoms with van der Waals surface area (Å²) in [6.45, 7) is 0.778. The van der Waals surface area contributed by atoms with E-state index in [4.69, 9.17) is 16.7 Å². The number of aromatic nitrogens is 1. The first kappa shape index (κ1) is 13.5. The van der Waals surface area contributed by atoms with E-state index in [1.54, 1.807) is 0 Å². The van der Waals surface area contributed by atoms with Gasteiger partial charge in [0.15, 0.2) is 0 Å². The summed E-state index contributed by atoms with van der Waals surface area (Å²) in [5.74, 6) is 0.628. The summed E-state index contributed by atoms with van der Waals surface area (Å²) in [6.07, 6.45) is 5.20. The molecule has 1 aliphatic heterocycles. The van der Waals surface area contributed by atoms with Gasteiger partial charge < -0.3 is 10.4 Å². The zero-order valence-electron chi connectivity index (χ0n) is 9.86. The van der Waals surface area contributed by atoms with Crippen molar-refractivity contribution in [2.75, 3.05) is 17.6 Å². The van der Waals surface area contributed by atoms with Gasteiger partial charge in [0.25, 0.3) is 0 Å². The highest BCUT2D eigenvalue weighted by Gasteiger charge is 2.16. The van der Waals surface area contributed by atoms with E-state index >= 15 is 0 Å². The van der Waals surface area contributed by atoms with E-state index in [2.05, 4.69) is 10.3 Å². The molecule has 1 fully saturated rings. The maximum Gasteiger partial charge on any atom is 0.337 e. The third-order valence-corrected chi connectivity index (χ3v) is 4.67. The van der Waals surface area contributed by atoms with E-state index < -0.39 is 5.97 Å². The average molecular weight is 287 g/mol. The Hall–Kier alpha value is -0.940. The summed E-state index contributed by atoms with van der Waals surface area (Å²) in [4.78, 5) is 15.0. The average Bonchev–Trinajstić information content (AvgIpc) is 2.38. The van der Waals surface area contributed by atoms with Crippen molar-refractivity contribution in [2.24, 2.45) is 0 Å². The molecule has 0 saturated carbocycles. The quantitative estimate of drug-likeness (QED) is 0.890. The van der Waals surface area contributed by atoms with Crippen LogP contribution in [0.5, 0.6) is 0 Å². The van der Waals surface area contributed by atoms with Crippen LogP contribution in [0.4, 0.5) is 5.82 Å². The summed E-state index contributed by atoms with van der Waals surface area (Å²) < 4.78 is 0. The SMILES string of the molecule is O=C(O)c1ccnc(NCC2CCCCS2)c1Cl. The maximum absolute atomic E-state index is 10.9. The lowest BCUT2D eigenvalue weighted by molar-refractivity contribution is 0.0697. The van der Waals surface area contributed by atoms with Crippen LogP contribution in [0.25, 0.3) is 0 Å². The van der Waals surface area contributed by atoms with Crippen molar-refractivity contribution in [1.29, 1.82) is 0 Å². The fraction of sp³-hybridized carbons (Fsp3) is 0.500. The Morgan fingerprint density at radius 3 is 3.11 bits per heavy atom. The molecule has 1 saturated heterocycles. The van der Waals surface area contributed by atoms with Crippen molar-refractivity contribution in [3.63, 3.8) is 0 Å². The number of nitrogens with one attached hydrogen (secondary N) is 1. The monoisotopic (exact) mass is 286 g/mol. The first-order valence-electron chi connectivity index (χ1n) is 5.91. The lowest BCUT2D eigenvalue weighted by Crippen LogP contribution is -2.20. The minimum atomic E-state index is -1.03. The Morgan fingerprint density at radius 2 is 2.44 bits per heavy atom. The second kappa shape index (κ2) is 6.29. The predicted molar refractivity (Wildman–Crippen MR) is 74.8 cm³/mol. The lowest BCUT2D eigenvalue weighted by atomic mass is 10.2. The number of aromatic carboxylic acids is 1. The van der Waals surface area contributed by atoms with Gasteiger partial charge in [0.2, 0.25) is 0 Å². The Balaban J connectivity index is 2.00. The molecule has 2 N–H and O–H groups in total. The molecule has 1 atom stereocenters. The third kappa shape index (κ3) is 3.29. The van der Waals surface area contributed by atoms with Gasteiger partial charge >= 0.3 is 5.97 Å². The van der Waals surface area contributed by atoms with Crippen molar-refractivity contribution in [3.8, 4) is 0 Å². The number of halogens is 1. The third-order valence-electron chi connectivity index (χ3n) is 2.89. The fourth-order valence-electron chi connectivity index (χ4n) is 1.91.